The molecule has 100 valence electrons. The number of nitrogens with one attached hydrogen (secondary N) is 1. The number of hydrogen-bond acceptors (Lipinski definition) is 1. The van der Waals surface area contributed by atoms with Crippen molar-refractivity contribution in [3.8, 4) is 0 Å². The summed E-state index contributed by atoms with van der Waals surface area (Å²) in [6, 6.07) is 4.00. The molecule has 1 aliphatic carbocycles. The molecule has 18 heavy (non-hydrogen) atoms. The van der Waals surface area contributed by atoms with Crippen LogP contribution in [0.2, 0.25) is 0 Å². The van der Waals surface area contributed by atoms with Gasteiger partial charge in [-0.3, -0.25) is 5.32 Å². The number of hydrogen-bond donors (Lipinski definition) is 1. The Morgan fingerprint density at radius 3 is 2.33 bits per heavy atom. The molecular formula is C13H15F4N. The van der Waals surface area contributed by atoms with E-state index in [9.17, 15) is 17.6 Å². The second-order valence-electron chi connectivity index (χ2n) is 4.95. The zero-order valence-electron chi connectivity index (χ0n) is 10.2. The summed E-state index contributed by atoms with van der Waals surface area (Å²) in [4.78, 5) is 0. The van der Waals surface area contributed by atoms with Crippen LogP contribution in [0, 0.1) is 12.7 Å². The third-order valence-electron chi connectivity index (χ3n) is 3.48. The average Bonchev–Trinajstić information content (AvgIpc) is 3.02. The van der Waals surface area contributed by atoms with Gasteiger partial charge in [0.1, 0.15) is 11.4 Å². The summed E-state index contributed by atoms with van der Waals surface area (Å²) in [5, 5.41) is 2.58. The minimum absolute atomic E-state index is 0.0924. The molecule has 5 heteroatoms. The highest BCUT2D eigenvalue weighted by molar-refractivity contribution is 5.26. The SMILES string of the molecule is Cc1ccc(C(C)NC2(C(F)(F)F)CC2)cc1F. The van der Waals surface area contributed by atoms with E-state index in [1.807, 2.05) is 0 Å². The second kappa shape index (κ2) is 4.23. The topological polar surface area (TPSA) is 12.0 Å². The van der Waals surface area contributed by atoms with Crippen molar-refractivity contribution in [2.45, 2.75) is 44.4 Å². The van der Waals surface area contributed by atoms with E-state index in [2.05, 4.69) is 5.32 Å². The molecule has 1 unspecified atom stereocenters. The fourth-order valence-electron chi connectivity index (χ4n) is 2.01. The molecule has 1 atom stereocenters. The second-order valence-corrected chi connectivity index (χ2v) is 4.95. The lowest BCUT2D eigenvalue weighted by Gasteiger charge is -2.25. The Kier molecular flexibility index (Phi) is 3.13. The minimum Gasteiger partial charge on any atom is -0.297 e. The van der Waals surface area contributed by atoms with E-state index in [0.717, 1.165) is 0 Å². The van der Waals surface area contributed by atoms with Gasteiger partial charge in [-0.15, -0.1) is 0 Å². The lowest BCUT2D eigenvalue weighted by molar-refractivity contribution is -0.167. The average molecular weight is 261 g/mol. The normalized spacial score (nSPS) is 19.7. The van der Waals surface area contributed by atoms with Crippen LogP contribution < -0.4 is 5.32 Å². The van der Waals surface area contributed by atoms with Crippen LogP contribution in [0.1, 0.15) is 36.9 Å². The fraction of sp³-hybridized carbons (Fsp3) is 0.538. The molecule has 0 spiro atoms. The molecule has 0 aliphatic heterocycles. The van der Waals surface area contributed by atoms with E-state index in [0.29, 0.717) is 11.1 Å². The summed E-state index contributed by atoms with van der Waals surface area (Å²) in [6.45, 7) is 3.24. The van der Waals surface area contributed by atoms with Crippen LogP contribution in [0.5, 0.6) is 0 Å². The van der Waals surface area contributed by atoms with Gasteiger partial charge in [0.2, 0.25) is 0 Å². The number of rotatable bonds is 3. The fourth-order valence-corrected chi connectivity index (χ4v) is 2.01. The predicted molar refractivity (Wildman–Crippen MR) is 60.7 cm³/mol. The van der Waals surface area contributed by atoms with Crippen molar-refractivity contribution < 1.29 is 17.6 Å². The molecular weight excluding hydrogens is 246 g/mol. The van der Waals surface area contributed by atoms with E-state index in [4.69, 9.17) is 0 Å². The molecule has 0 bridgehead atoms. The standard InChI is InChI=1S/C13H15F4N/c1-8-3-4-10(7-11(8)14)9(2)18-12(5-6-12)13(15,16)17/h3-4,7,9,18H,5-6H2,1-2H3. The Morgan fingerprint density at radius 1 is 1.28 bits per heavy atom. The van der Waals surface area contributed by atoms with Crippen molar-refractivity contribution in [3.63, 3.8) is 0 Å². The Bertz CT molecular complexity index is 449. The molecule has 0 heterocycles. The Balaban J connectivity index is 2.13. The van der Waals surface area contributed by atoms with Crippen molar-refractivity contribution in [1.82, 2.24) is 5.32 Å². The quantitative estimate of drug-likeness (QED) is 0.814. The van der Waals surface area contributed by atoms with Crippen LogP contribution in [-0.2, 0) is 0 Å². The third-order valence-corrected chi connectivity index (χ3v) is 3.48. The molecule has 1 nitrogen and oxygen atoms in total. The highest BCUT2D eigenvalue weighted by Crippen LogP contribution is 2.50. The summed E-state index contributed by atoms with van der Waals surface area (Å²) in [5.74, 6) is -0.391. The third kappa shape index (κ3) is 2.36. The maximum Gasteiger partial charge on any atom is 0.406 e. The lowest BCUT2D eigenvalue weighted by Crippen LogP contribution is -2.45. The maximum atomic E-state index is 13.4. The largest absolute Gasteiger partial charge is 0.406 e. The van der Waals surface area contributed by atoms with E-state index < -0.39 is 23.6 Å². The van der Waals surface area contributed by atoms with Crippen molar-refractivity contribution >= 4 is 0 Å². The van der Waals surface area contributed by atoms with E-state index in [1.54, 1.807) is 26.0 Å². The zero-order valence-corrected chi connectivity index (χ0v) is 10.2. The number of alkyl halides is 3. The van der Waals surface area contributed by atoms with Crippen molar-refractivity contribution in [2.75, 3.05) is 0 Å². The lowest BCUT2D eigenvalue weighted by atomic mass is 10.0. The van der Waals surface area contributed by atoms with Crippen LogP contribution >= 0.6 is 0 Å². The van der Waals surface area contributed by atoms with Gasteiger partial charge in [0.25, 0.3) is 0 Å². The summed E-state index contributed by atoms with van der Waals surface area (Å²) in [6.07, 6.45) is -4.06. The van der Waals surface area contributed by atoms with E-state index in [-0.39, 0.29) is 12.8 Å². The minimum atomic E-state index is -4.25. The van der Waals surface area contributed by atoms with Crippen LogP contribution in [0.15, 0.2) is 18.2 Å². The van der Waals surface area contributed by atoms with Gasteiger partial charge in [-0.2, -0.15) is 13.2 Å². The van der Waals surface area contributed by atoms with Gasteiger partial charge in [-0.25, -0.2) is 4.39 Å². The molecule has 1 N–H and O–H groups in total. The molecule has 1 aromatic carbocycles. The number of aryl methyl sites for hydroxylation is 1. The molecule has 0 aromatic heterocycles. The summed E-state index contributed by atoms with van der Waals surface area (Å²) in [7, 11) is 0. The summed E-state index contributed by atoms with van der Waals surface area (Å²) < 4.78 is 51.7. The first kappa shape index (κ1) is 13.3. The number of halogens is 4. The van der Waals surface area contributed by atoms with Crippen molar-refractivity contribution in [1.29, 1.82) is 0 Å². The van der Waals surface area contributed by atoms with Gasteiger partial charge in [-0.1, -0.05) is 12.1 Å². The van der Waals surface area contributed by atoms with Crippen LogP contribution in [0.4, 0.5) is 17.6 Å². The van der Waals surface area contributed by atoms with Gasteiger partial charge in [0, 0.05) is 6.04 Å². The smallest absolute Gasteiger partial charge is 0.297 e. The molecule has 1 aromatic rings. The van der Waals surface area contributed by atoms with Crippen LogP contribution in [0.3, 0.4) is 0 Å². The van der Waals surface area contributed by atoms with Gasteiger partial charge in [0.15, 0.2) is 0 Å². The molecule has 0 saturated heterocycles. The molecule has 1 fully saturated rings. The van der Waals surface area contributed by atoms with Gasteiger partial charge >= 0.3 is 6.18 Å². The molecule has 1 saturated carbocycles. The van der Waals surface area contributed by atoms with Gasteiger partial charge in [-0.05, 0) is 43.9 Å². The maximum absolute atomic E-state index is 13.4. The van der Waals surface area contributed by atoms with Crippen molar-refractivity contribution in [3.05, 3.63) is 35.1 Å². The highest BCUT2D eigenvalue weighted by Gasteiger charge is 2.63. The molecule has 0 amide bonds. The Labute approximate surface area is 103 Å². The van der Waals surface area contributed by atoms with Crippen LogP contribution in [0.25, 0.3) is 0 Å². The Morgan fingerprint density at radius 2 is 1.89 bits per heavy atom. The monoisotopic (exact) mass is 261 g/mol. The summed E-state index contributed by atoms with van der Waals surface area (Å²) in [5.41, 5.74) is -0.745. The zero-order chi connectivity index (χ0) is 13.6. The predicted octanol–water partition coefficient (Wildman–Crippen LogP) is 3.88. The molecule has 1 aliphatic rings. The first-order chi connectivity index (χ1) is 8.25. The van der Waals surface area contributed by atoms with E-state index in [1.165, 1.54) is 6.07 Å². The van der Waals surface area contributed by atoms with E-state index >= 15 is 0 Å². The first-order valence-electron chi connectivity index (χ1n) is 5.86. The molecule has 2 rings (SSSR count). The van der Waals surface area contributed by atoms with Gasteiger partial charge in [0.05, 0.1) is 0 Å². The molecule has 0 radical (unpaired) electrons. The Hall–Kier alpha value is -1.10. The van der Waals surface area contributed by atoms with Crippen molar-refractivity contribution in [2.24, 2.45) is 0 Å². The highest BCUT2D eigenvalue weighted by atomic mass is 19.4. The number of benzene rings is 1. The van der Waals surface area contributed by atoms with Crippen LogP contribution in [-0.4, -0.2) is 11.7 Å². The first-order valence-corrected chi connectivity index (χ1v) is 5.86. The summed E-state index contributed by atoms with van der Waals surface area (Å²) >= 11 is 0. The van der Waals surface area contributed by atoms with Gasteiger partial charge < -0.3 is 0 Å².